The van der Waals surface area contributed by atoms with E-state index in [1.807, 2.05) is 63.2 Å². The summed E-state index contributed by atoms with van der Waals surface area (Å²) in [6.45, 7) is 5.58. The molecule has 0 aliphatic carbocycles. The summed E-state index contributed by atoms with van der Waals surface area (Å²) in [6, 6.07) is 21.4. The molecule has 184 valence electrons. The van der Waals surface area contributed by atoms with Crippen molar-refractivity contribution in [2.75, 3.05) is 6.61 Å². The molecule has 35 heavy (non-hydrogen) atoms. The van der Waals surface area contributed by atoms with Crippen molar-refractivity contribution in [3.05, 3.63) is 101 Å². The molecule has 0 saturated carbocycles. The van der Waals surface area contributed by atoms with E-state index in [0.717, 1.165) is 11.1 Å². The summed E-state index contributed by atoms with van der Waals surface area (Å²) < 4.78 is 18.9. The number of nitrogens with one attached hydrogen (secondary N) is 1. The maximum absolute atomic E-state index is 13.5. The maximum Gasteiger partial charge on any atom is 0.261 e. The van der Waals surface area contributed by atoms with Gasteiger partial charge in [-0.2, -0.15) is 0 Å². The van der Waals surface area contributed by atoms with Gasteiger partial charge in [-0.1, -0.05) is 54.1 Å². The van der Waals surface area contributed by atoms with Crippen LogP contribution in [0.25, 0.3) is 0 Å². The van der Waals surface area contributed by atoms with Gasteiger partial charge in [0.05, 0.1) is 0 Å². The van der Waals surface area contributed by atoms with Crippen molar-refractivity contribution in [2.45, 2.75) is 45.3 Å². The van der Waals surface area contributed by atoms with Gasteiger partial charge < -0.3 is 15.0 Å². The molecule has 1 unspecified atom stereocenters. The van der Waals surface area contributed by atoms with E-state index in [0.29, 0.717) is 17.2 Å². The van der Waals surface area contributed by atoms with Crippen LogP contribution in [0.1, 0.15) is 31.9 Å². The average molecular weight is 497 g/mol. The van der Waals surface area contributed by atoms with Gasteiger partial charge in [0.2, 0.25) is 5.91 Å². The van der Waals surface area contributed by atoms with Crippen molar-refractivity contribution >= 4 is 23.4 Å². The second-order valence-corrected chi connectivity index (χ2v) is 9.77. The minimum atomic E-state index is -0.781. The molecule has 1 N–H and O–H groups in total. The van der Waals surface area contributed by atoms with Crippen LogP contribution < -0.4 is 10.1 Å². The van der Waals surface area contributed by atoms with Crippen LogP contribution in [0.4, 0.5) is 4.39 Å². The fourth-order valence-corrected chi connectivity index (χ4v) is 3.68. The molecular formula is C28H30ClFN2O3. The van der Waals surface area contributed by atoms with Gasteiger partial charge in [-0.05, 0) is 68.3 Å². The Morgan fingerprint density at radius 3 is 2.17 bits per heavy atom. The van der Waals surface area contributed by atoms with E-state index in [1.54, 1.807) is 12.1 Å². The summed E-state index contributed by atoms with van der Waals surface area (Å²) in [5, 5.41) is 3.59. The highest BCUT2D eigenvalue weighted by Crippen LogP contribution is 2.18. The number of hydrogen-bond acceptors (Lipinski definition) is 3. The van der Waals surface area contributed by atoms with Crippen molar-refractivity contribution in [1.29, 1.82) is 0 Å². The van der Waals surface area contributed by atoms with E-state index in [9.17, 15) is 14.0 Å². The predicted octanol–water partition coefficient (Wildman–Crippen LogP) is 5.41. The largest absolute Gasteiger partial charge is 0.484 e. The molecule has 1 atom stereocenters. The molecule has 3 aromatic rings. The van der Waals surface area contributed by atoms with Crippen LogP contribution in [0.5, 0.6) is 5.75 Å². The molecule has 5 nitrogen and oxygen atoms in total. The third kappa shape index (κ3) is 8.41. The lowest BCUT2D eigenvalue weighted by atomic mass is 10.0. The zero-order chi connectivity index (χ0) is 25.4. The zero-order valence-electron chi connectivity index (χ0n) is 20.1. The van der Waals surface area contributed by atoms with Gasteiger partial charge in [-0.25, -0.2) is 4.39 Å². The van der Waals surface area contributed by atoms with Gasteiger partial charge in [0, 0.05) is 23.5 Å². The van der Waals surface area contributed by atoms with Crippen LogP contribution in [-0.4, -0.2) is 34.9 Å². The Morgan fingerprint density at radius 1 is 0.943 bits per heavy atom. The second-order valence-electron chi connectivity index (χ2n) is 9.34. The predicted molar refractivity (Wildman–Crippen MR) is 136 cm³/mol. The monoisotopic (exact) mass is 496 g/mol. The molecule has 7 heteroatoms. The van der Waals surface area contributed by atoms with Crippen LogP contribution in [0.3, 0.4) is 0 Å². The molecule has 0 fully saturated rings. The summed E-state index contributed by atoms with van der Waals surface area (Å²) in [7, 11) is 0. The van der Waals surface area contributed by atoms with Gasteiger partial charge in [0.1, 0.15) is 17.6 Å². The highest BCUT2D eigenvalue weighted by molar-refractivity contribution is 6.30. The molecule has 2 amide bonds. The fourth-order valence-electron chi connectivity index (χ4n) is 3.55. The van der Waals surface area contributed by atoms with Crippen molar-refractivity contribution in [3.63, 3.8) is 0 Å². The molecule has 0 aromatic heterocycles. The minimum absolute atomic E-state index is 0.192. The number of ether oxygens (including phenoxy) is 1. The fraction of sp³-hybridized carbons (Fsp3) is 0.286. The van der Waals surface area contributed by atoms with Crippen LogP contribution in [0.15, 0.2) is 78.9 Å². The molecule has 0 spiro atoms. The third-order valence-electron chi connectivity index (χ3n) is 5.21. The molecule has 3 rings (SSSR count). The zero-order valence-corrected chi connectivity index (χ0v) is 20.9. The molecule has 0 aliphatic rings. The number of carbonyl (C=O) groups excluding carboxylic acids is 2. The molecular weight excluding hydrogens is 467 g/mol. The third-order valence-corrected chi connectivity index (χ3v) is 5.46. The lowest BCUT2D eigenvalue weighted by molar-refractivity contribution is -0.143. The Labute approximate surface area is 210 Å². The van der Waals surface area contributed by atoms with E-state index in [2.05, 4.69) is 5.32 Å². The van der Waals surface area contributed by atoms with Gasteiger partial charge in [-0.15, -0.1) is 0 Å². The van der Waals surface area contributed by atoms with E-state index in [4.69, 9.17) is 16.3 Å². The van der Waals surface area contributed by atoms with E-state index >= 15 is 0 Å². The Kier molecular flexibility index (Phi) is 8.88. The molecule has 0 bridgehead atoms. The Morgan fingerprint density at radius 2 is 1.57 bits per heavy atom. The molecule has 0 aliphatic heterocycles. The first kappa shape index (κ1) is 26.2. The van der Waals surface area contributed by atoms with Gasteiger partial charge >= 0.3 is 0 Å². The van der Waals surface area contributed by atoms with Crippen LogP contribution in [0, 0.1) is 5.82 Å². The normalized spacial score (nSPS) is 12.0. The highest BCUT2D eigenvalue weighted by atomic mass is 35.5. The number of hydrogen-bond donors (Lipinski definition) is 1. The van der Waals surface area contributed by atoms with Gasteiger partial charge in [0.25, 0.3) is 5.91 Å². The molecule has 0 saturated heterocycles. The van der Waals surface area contributed by atoms with Crippen LogP contribution in [-0.2, 0) is 22.6 Å². The van der Waals surface area contributed by atoms with Crippen LogP contribution in [0.2, 0.25) is 5.02 Å². The van der Waals surface area contributed by atoms with Gasteiger partial charge in [-0.3, -0.25) is 9.59 Å². The molecule has 0 heterocycles. The van der Waals surface area contributed by atoms with E-state index in [1.165, 1.54) is 29.2 Å². The summed E-state index contributed by atoms with van der Waals surface area (Å²) in [5.74, 6) is -0.653. The first-order valence-corrected chi connectivity index (χ1v) is 11.8. The quantitative estimate of drug-likeness (QED) is 0.430. The number of rotatable bonds is 9. The van der Waals surface area contributed by atoms with Crippen molar-refractivity contribution < 1.29 is 18.7 Å². The van der Waals surface area contributed by atoms with Crippen molar-refractivity contribution in [3.8, 4) is 5.75 Å². The van der Waals surface area contributed by atoms with Gasteiger partial charge in [0.15, 0.2) is 6.61 Å². The summed E-state index contributed by atoms with van der Waals surface area (Å²) in [4.78, 5) is 28.5. The van der Waals surface area contributed by atoms with Crippen LogP contribution >= 0.6 is 11.6 Å². The lowest BCUT2D eigenvalue weighted by Crippen LogP contribution is -2.55. The SMILES string of the molecule is CC(C)(C)NC(=O)C(Cc1ccccc1)N(Cc1ccc(Cl)cc1)C(=O)COc1ccc(F)cc1. The maximum atomic E-state index is 13.5. The number of carbonyl (C=O) groups is 2. The number of amides is 2. The summed E-state index contributed by atoms with van der Waals surface area (Å²) in [5.41, 5.74) is 1.27. The van der Waals surface area contributed by atoms with Crippen molar-refractivity contribution in [1.82, 2.24) is 10.2 Å². The van der Waals surface area contributed by atoms with E-state index < -0.39 is 17.4 Å². The van der Waals surface area contributed by atoms with E-state index in [-0.39, 0.29) is 25.0 Å². The minimum Gasteiger partial charge on any atom is -0.484 e. The topological polar surface area (TPSA) is 58.6 Å². The summed E-state index contributed by atoms with van der Waals surface area (Å²) in [6.07, 6.45) is 0.332. The first-order chi connectivity index (χ1) is 16.6. The number of benzene rings is 3. The Hall–Kier alpha value is -3.38. The average Bonchev–Trinajstić information content (AvgIpc) is 2.81. The Bertz CT molecular complexity index is 1110. The summed E-state index contributed by atoms with van der Waals surface area (Å²) >= 11 is 6.04. The highest BCUT2D eigenvalue weighted by Gasteiger charge is 2.32. The number of halogens is 2. The standard InChI is InChI=1S/C28H30ClFN2O3/c1-28(2,3)31-27(34)25(17-20-7-5-4-6-8-20)32(18-21-9-11-22(29)12-10-21)26(33)19-35-24-15-13-23(30)14-16-24/h4-16,25H,17-19H2,1-3H3,(H,31,34). The smallest absolute Gasteiger partial charge is 0.261 e. The van der Waals surface area contributed by atoms with Crippen molar-refractivity contribution in [2.24, 2.45) is 0 Å². The molecule has 3 aromatic carbocycles. The Balaban J connectivity index is 1.91. The first-order valence-electron chi connectivity index (χ1n) is 11.4. The molecule has 0 radical (unpaired) electrons. The lowest BCUT2D eigenvalue weighted by Gasteiger charge is -2.33. The number of nitrogens with zero attached hydrogens (tertiary/aromatic N) is 1. The second kappa shape index (κ2) is 11.8.